The van der Waals surface area contributed by atoms with E-state index < -0.39 is 4.87 Å². The average Bonchev–Trinajstić information content (AvgIpc) is 2.52. The molecule has 0 aromatic heterocycles. The van der Waals surface area contributed by atoms with Crippen LogP contribution in [0.3, 0.4) is 0 Å². The Labute approximate surface area is 108 Å². The quantitative estimate of drug-likeness (QED) is 0.765. The fourth-order valence-electron chi connectivity index (χ4n) is 2.44. The van der Waals surface area contributed by atoms with Crippen LogP contribution in [-0.4, -0.2) is 42.5 Å². The van der Waals surface area contributed by atoms with Crippen molar-refractivity contribution in [3.8, 4) is 0 Å². The highest BCUT2D eigenvalue weighted by Crippen LogP contribution is 2.36. The Bertz CT molecular complexity index is 317. The van der Waals surface area contributed by atoms with Gasteiger partial charge >= 0.3 is 0 Å². The van der Waals surface area contributed by atoms with Gasteiger partial charge in [0.05, 0.1) is 4.87 Å². The Hall–Kier alpha value is -0.380. The summed E-state index contributed by atoms with van der Waals surface area (Å²) in [4.78, 5) is 1.70. The van der Waals surface area contributed by atoms with Crippen molar-refractivity contribution in [3.63, 3.8) is 0 Å². The van der Waals surface area contributed by atoms with Crippen molar-refractivity contribution in [2.45, 2.75) is 18.2 Å². The lowest BCUT2D eigenvalue weighted by atomic mass is 9.87. The molecule has 1 aliphatic heterocycles. The van der Waals surface area contributed by atoms with E-state index in [9.17, 15) is 4.39 Å². The fourth-order valence-corrected chi connectivity index (χ4v) is 2.68. The van der Waals surface area contributed by atoms with E-state index in [0.29, 0.717) is 6.54 Å². The zero-order valence-corrected chi connectivity index (χ0v) is 11.0. The molecule has 0 radical (unpaired) electrons. The molecule has 2 aliphatic rings. The van der Waals surface area contributed by atoms with Crippen molar-refractivity contribution < 1.29 is 4.39 Å². The standard InChI is InChI=1S/C13H20ClFN2/c1-13(14)5-2-4-12(15)11(13)10-17-8-3-6-16-7-9-17/h2,4-5,11,16H,3,6-10H2,1H3. The minimum Gasteiger partial charge on any atom is -0.315 e. The first-order valence-electron chi connectivity index (χ1n) is 6.26. The highest BCUT2D eigenvalue weighted by Gasteiger charge is 2.36. The van der Waals surface area contributed by atoms with E-state index >= 15 is 0 Å². The van der Waals surface area contributed by atoms with Gasteiger partial charge in [-0.25, -0.2) is 4.39 Å². The molecule has 1 heterocycles. The molecule has 4 heteroatoms. The van der Waals surface area contributed by atoms with E-state index in [0.717, 1.165) is 32.6 Å². The first-order chi connectivity index (χ1) is 8.09. The van der Waals surface area contributed by atoms with Crippen LogP contribution in [0.5, 0.6) is 0 Å². The molecule has 96 valence electrons. The lowest BCUT2D eigenvalue weighted by molar-refractivity contribution is 0.228. The molecule has 0 aromatic rings. The second-order valence-electron chi connectivity index (χ2n) is 5.02. The summed E-state index contributed by atoms with van der Waals surface area (Å²) in [7, 11) is 0. The molecular formula is C13H20ClFN2. The van der Waals surface area contributed by atoms with E-state index in [-0.39, 0.29) is 11.7 Å². The Morgan fingerprint density at radius 1 is 1.53 bits per heavy atom. The normalized spacial score (nSPS) is 35.5. The van der Waals surface area contributed by atoms with E-state index in [1.165, 1.54) is 6.08 Å². The second kappa shape index (κ2) is 5.51. The molecule has 2 rings (SSSR count). The van der Waals surface area contributed by atoms with Gasteiger partial charge in [-0.15, -0.1) is 11.6 Å². The molecule has 1 aliphatic carbocycles. The number of nitrogens with zero attached hydrogens (tertiary/aromatic N) is 1. The number of rotatable bonds is 2. The van der Waals surface area contributed by atoms with Gasteiger partial charge in [0, 0.05) is 25.6 Å². The Morgan fingerprint density at radius 2 is 2.35 bits per heavy atom. The first-order valence-corrected chi connectivity index (χ1v) is 6.64. The zero-order valence-electron chi connectivity index (χ0n) is 10.3. The molecule has 0 saturated carbocycles. The molecular weight excluding hydrogens is 239 g/mol. The van der Waals surface area contributed by atoms with Crippen LogP contribution >= 0.6 is 11.6 Å². The van der Waals surface area contributed by atoms with Crippen LogP contribution in [0.15, 0.2) is 24.1 Å². The molecule has 17 heavy (non-hydrogen) atoms. The van der Waals surface area contributed by atoms with Crippen LogP contribution in [0.1, 0.15) is 13.3 Å². The third-order valence-corrected chi connectivity index (χ3v) is 3.95. The molecule has 0 amide bonds. The van der Waals surface area contributed by atoms with E-state index in [4.69, 9.17) is 11.6 Å². The van der Waals surface area contributed by atoms with E-state index in [1.54, 1.807) is 6.08 Å². The maximum Gasteiger partial charge on any atom is 0.106 e. The lowest BCUT2D eigenvalue weighted by Gasteiger charge is -2.34. The molecule has 1 N–H and O–H groups in total. The fraction of sp³-hybridized carbons (Fsp3) is 0.692. The molecule has 0 spiro atoms. The van der Waals surface area contributed by atoms with Gasteiger partial charge in [0.2, 0.25) is 0 Å². The maximum absolute atomic E-state index is 13.9. The number of hydrogen-bond acceptors (Lipinski definition) is 2. The predicted molar refractivity (Wildman–Crippen MR) is 70.0 cm³/mol. The predicted octanol–water partition coefficient (Wildman–Crippen LogP) is 2.32. The van der Waals surface area contributed by atoms with Crippen LogP contribution in [0.4, 0.5) is 4.39 Å². The van der Waals surface area contributed by atoms with Crippen LogP contribution in [0, 0.1) is 5.92 Å². The zero-order chi connectivity index (χ0) is 12.3. The van der Waals surface area contributed by atoms with Crippen LogP contribution in [-0.2, 0) is 0 Å². The van der Waals surface area contributed by atoms with Crippen molar-refractivity contribution in [1.29, 1.82) is 0 Å². The molecule has 2 atom stereocenters. The van der Waals surface area contributed by atoms with Crippen LogP contribution < -0.4 is 5.32 Å². The van der Waals surface area contributed by atoms with Gasteiger partial charge in [-0.3, -0.25) is 0 Å². The Morgan fingerprint density at radius 3 is 3.12 bits per heavy atom. The minimum atomic E-state index is -0.599. The Balaban J connectivity index is 2.01. The highest BCUT2D eigenvalue weighted by atomic mass is 35.5. The average molecular weight is 259 g/mol. The number of allylic oxidation sites excluding steroid dienone is 3. The lowest BCUT2D eigenvalue weighted by Crippen LogP contribution is -2.40. The van der Waals surface area contributed by atoms with Crippen LogP contribution in [0.25, 0.3) is 0 Å². The third kappa shape index (κ3) is 3.30. The highest BCUT2D eigenvalue weighted by molar-refractivity contribution is 6.25. The second-order valence-corrected chi connectivity index (χ2v) is 5.83. The maximum atomic E-state index is 13.9. The number of alkyl halides is 1. The largest absolute Gasteiger partial charge is 0.315 e. The van der Waals surface area contributed by atoms with Crippen molar-refractivity contribution in [1.82, 2.24) is 10.2 Å². The molecule has 1 fully saturated rings. The van der Waals surface area contributed by atoms with Gasteiger partial charge in [0.1, 0.15) is 5.83 Å². The van der Waals surface area contributed by atoms with Gasteiger partial charge < -0.3 is 10.2 Å². The summed E-state index contributed by atoms with van der Waals surface area (Å²) in [5, 5.41) is 3.35. The Kier molecular flexibility index (Phi) is 4.23. The molecule has 1 saturated heterocycles. The van der Waals surface area contributed by atoms with Crippen molar-refractivity contribution >= 4 is 11.6 Å². The summed E-state index contributed by atoms with van der Waals surface area (Å²) in [6.45, 7) is 6.62. The van der Waals surface area contributed by atoms with E-state index in [1.807, 2.05) is 13.0 Å². The number of halogens is 2. The SMILES string of the molecule is CC1(Cl)C=CC=C(F)C1CN1CCCNCC1. The number of hydrogen-bond donors (Lipinski definition) is 1. The molecule has 0 aromatic carbocycles. The monoisotopic (exact) mass is 258 g/mol. The van der Waals surface area contributed by atoms with Gasteiger partial charge in [0.25, 0.3) is 0 Å². The first kappa shape index (κ1) is 13.1. The summed E-state index contributed by atoms with van der Waals surface area (Å²) in [6, 6.07) is 0. The van der Waals surface area contributed by atoms with Crippen molar-refractivity contribution in [2.24, 2.45) is 5.92 Å². The third-order valence-electron chi connectivity index (χ3n) is 3.57. The summed E-state index contributed by atoms with van der Waals surface area (Å²) in [5.74, 6) is -0.325. The van der Waals surface area contributed by atoms with Gasteiger partial charge in [-0.05, 0) is 32.5 Å². The minimum absolute atomic E-state index is 0.0952. The summed E-state index contributed by atoms with van der Waals surface area (Å²) >= 11 is 6.38. The van der Waals surface area contributed by atoms with Gasteiger partial charge in [0.15, 0.2) is 0 Å². The number of nitrogens with one attached hydrogen (secondary N) is 1. The van der Waals surface area contributed by atoms with Gasteiger partial charge in [-0.1, -0.05) is 12.2 Å². The molecule has 2 unspecified atom stereocenters. The molecule has 2 nitrogen and oxygen atoms in total. The van der Waals surface area contributed by atoms with Gasteiger partial charge in [-0.2, -0.15) is 0 Å². The summed E-state index contributed by atoms with van der Waals surface area (Å²) in [6.07, 6.45) is 6.25. The van der Waals surface area contributed by atoms with Crippen LogP contribution in [0.2, 0.25) is 0 Å². The molecule has 0 bridgehead atoms. The topological polar surface area (TPSA) is 15.3 Å². The van der Waals surface area contributed by atoms with E-state index in [2.05, 4.69) is 10.2 Å². The smallest absolute Gasteiger partial charge is 0.106 e. The van der Waals surface area contributed by atoms with Crippen molar-refractivity contribution in [2.75, 3.05) is 32.7 Å². The van der Waals surface area contributed by atoms with Crippen molar-refractivity contribution in [3.05, 3.63) is 24.1 Å². The summed E-state index contributed by atoms with van der Waals surface area (Å²) in [5.41, 5.74) is 0. The summed E-state index contributed by atoms with van der Waals surface area (Å²) < 4.78 is 13.9.